The van der Waals surface area contributed by atoms with E-state index >= 15 is 0 Å². The summed E-state index contributed by atoms with van der Waals surface area (Å²) in [6.45, 7) is 6.74. The topological polar surface area (TPSA) is 38.3 Å². The van der Waals surface area contributed by atoms with Crippen LogP contribution in [0.3, 0.4) is 0 Å². The molecule has 1 N–H and O–H groups in total. The lowest BCUT2D eigenvalue weighted by Gasteiger charge is -2.18. The molecule has 134 valence electrons. The summed E-state index contributed by atoms with van der Waals surface area (Å²) >= 11 is 1.82. The van der Waals surface area contributed by atoms with E-state index in [2.05, 4.69) is 24.4 Å². The van der Waals surface area contributed by atoms with E-state index in [1.54, 1.807) is 0 Å². The maximum Gasteiger partial charge on any atom is 0.261 e. The van der Waals surface area contributed by atoms with E-state index in [1.807, 2.05) is 62.0 Å². The van der Waals surface area contributed by atoms with Crippen molar-refractivity contribution in [1.82, 2.24) is 5.32 Å². The van der Waals surface area contributed by atoms with E-state index in [0.717, 1.165) is 17.3 Å². The van der Waals surface area contributed by atoms with Gasteiger partial charge in [-0.2, -0.15) is 11.8 Å². The van der Waals surface area contributed by atoms with Crippen LogP contribution >= 0.6 is 11.8 Å². The summed E-state index contributed by atoms with van der Waals surface area (Å²) in [6.07, 6.45) is 0.205. The first-order valence-corrected chi connectivity index (χ1v) is 9.89. The number of nitrogens with one attached hydrogen (secondary N) is 1. The van der Waals surface area contributed by atoms with Gasteiger partial charge in [0.05, 0.1) is 0 Å². The van der Waals surface area contributed by atoms with Crippen LogP contribution in [0, 0.1) is 13.8 Å². The molecule has 0 radical (unpaired) electrons. The highest BCUT2D eigenvalue weighted by molar-refractivity contribution is 7.98. The number of amides is 1. The molecule has 3 nitrogen and oxygen atoms in total. The molecule has 0 saturated carbocycles. The van der Waals surface area contributed by atoms with E-state index in [-0.39, 0.29) is 5.91 Å². The van der Waals surface area contributed by atoms with Crippen LogP contribution in [-0.4, -0.2) is 24.3 Å². The Labute approximate surface area is 155 Å². The Morgan fingerprint density at radius 3 is 2.56 bits per heavy atom. The molecule has 0 heterocycles. The summed E-state index contributed by atoms with van der Waals surface area (Å²) in [5, 5.41) is 2.98. The van der Waals surface area contributed by atoms with Crippen LogP contribution in [0.1, 0.15) is 30.0 Å². The molecule has 0 aromatic heterocycles. The monoisotopic (exact) mass is 357 g/mol. The molecule has 25 heavy (non-hydrogen) atoms. The number of aryl methyl sites for hydroxylation is 2. The van der Waals surface area contributed by atoms with Gasteiger partial charge in [0, 0.05) is 18.1 Å². The van der Waals surface area contributed by atoms with Crippen LogP contribution in [-0.2, 0) is 10.5 Å². The fourth-order valence-electron chi connectivity index (χ4n) is 2.40. The molecule has 0 aliphatic heterocycles. The molecule has 0 aliphatic carbocycles. The maximum atomic E-state index is 12.3. The molecule has 0 aliphatic rings. The zero-order chi connectivity index (χ0) is 18.1. The van der Waals surface area contributed by atoms with Gasteiger partial charge in [-0.3, -0.25) is 4.79 Å². The normalized spacial score (nSPS) is 11.8. The van der Waals surface area contributed by atoms with Crippen LogP contribution in [0.2, 0.25) is 0 Å². The van der Waals surface area contributed by atoms with Crippen molar-refractivity contribution in [3.8, 4) is 5.75 Å². The number of thioether (sulfide) groups is 1. The van der Waals surface area contributed by atoms with Crippen LogP contribution in [0.25, 0.3) is 0 Å². The smallest absolute Gasteiger partial charge is 0.261 e. The summed E-state index contributed by atoms with van der Waals surface area (Å²) in [5.74, 6) is 2.57. The Morgan fingerprint density at radius 2 is 1.88 bits per heavy atom. The Bertz CT molecular complexity index is 673. The third-order valence-corrected chi connectivity index (χ3v) is 5.11. The first-order chi connectivity index (χ1) is 12.1. The van der Waals surface area contributed by atoms with Crippen molar-refractivity contribution in [2.75, 3.05) is 12.3 Å². The highest BCUT2D eigenvalue weighted by Gasteiger charge is 2.17. The van der Waals surface area contributed by atoms with E-state index in [4.69, 9.17) is 4.74 Å². The average Bonchev–Trinajstić information content (AvgIpc) is 2.63. The second-order valence-corrected chi connectivity index (χ2v) is 7.20. The molecule has 0 spiro atoms. The number of carbonyl (C=O) groups is 1. The summed E-state index contributed by atoms with van der Waals surface area (Å²) in [4.78, 5) is 12.3. The standard InChI is InChI=1S/C21H27NO2S/c1-4-20(24-19-11-10-16(2)17(3)14-19)21(23)22-12-13-25-15-18-8-6-5-7-9-18/h5-11,14,20H,4,12-13,15H2,1-3H3,(H,22,23). The quantitative estimate of drug-likeness (QED) is 0.671. The van der Waals surface area contributed by atoms with Gasteiger partial charge < -0.3 is 10.1 Å². The van der Waals surface area contributed by atoms with Gasteiger partial charge in [0.1, 0.15) is 5.75 Å². The zero-order valence-corrected chi connectivity index (χ0v) is 16.1. The summed E-state index contributed by atoms with van der Waals surface area (Å²) in [7, 11) is 0. The van der Waals surface area contributed by atoms with Gasteiger partial charge in [0.15, 0.2) is 6.10 Å². The van der Waals surface area contributed by atoms with Crippen molar-refractivity contribution in [3.63, 3.8) is 0 Å². The summed E-state index contributed by atoms with van der Waals surface area (Å²) in [6, 6.07) is 16.3. The third kappa shape index (κ3) is 6.46. The van der Waals surface area contributed by atoms with Gasteiger partial charge in [0.2, 0.25) is 0 Å². The van der Waals surface area contributed by atoms with Gasteiger partial charge in [-0.05, 0) is 49.1 Å². The molecule has 1 unspecified atom stereocenters. The number of benzene rings is 2. The SMILES string of the molecule is CCC(Oc1ccc(C)c(C)c1)C(=O)NCCSCc1ccccc1. The fourth-order valence-corrected chi connectivity index (χ4v) is 3.22. The first-order valence-electron chi connectivity index (χ1n) is 8.73. The Hall–Kier alpha value is -1.94. The Balaban J connectivity index is 1.73. The molecular formula is C21H27NO2S. The molecule has 4 heteroatoms. The second-order valence-electron chi connectivity index (χ2n) is 6.09. The number of hydrogen-bond acceptors (Lipinski definition) is 3. The lowest BCUT2D eigenvalue weighted by Crippen LogP contribution is -2.39. The van der Waals surface area contributed by atoms with Gasteiger partial charge >= 0.3 is 0 Å². The van der Waals surface area contributed by atoms with Crippen molar-refractivity contribution >= 4 is 17.7 Å². The number of rotatable bonds is 9. The highest BCUT2D eigenvalue weighted by Crippen LogP contribution is 2.18. The minimum atomic E-state index is -0.443. The zero-order valence-electron chi connectivity index (χ0n) is 15.2. The van der Waals surface area contributed by atoms with Gasteiger partial charge in [-0.25, -0.2) is 0 Å². The number of carbonyl (C=O) groups excluding carboxylic acids is 1. The number of hydrogen-bond donors (Lipinski definition) is 1. The van der Waals surface area contributed by atoms with Crippen LogP contribution in [0.5, 0.6) is 5.75 Å². The Kier molecular flexibility index (Phi) is 7.86. The first kappa shape index (κ1) is 19.4. The Morgan fingerprint density at radius 1 is 1.12 bits per heavy atom. The van der Waals surface area contributed by atoms with E-state index in [0.29, 0.717) is 13.0 Å². The number of ether oxygens (including phenoxy) is 1. The van der Waals surface area contributed by atoms with Crippen LogP contribution in [0.15, 0.2) is 48.5 Å². The fraction of sp³-hybridized carbons (Fsp3) is 0.381. The second kappa shape index (κ2) is 10.1. The van der Waals surface area contributed by atoms with Crippen molar-refractivity contribution in [2.45, 2.75) is 39.0 Å². The molecular weight excluding hydrogens is 330 g/mol. The largest absolute Gasteiger partial charge is 0.481 e. The molecule has 2 aromatic carbocycles. The van der Waals surface area contributed by atoms with Crippen LogP contribution in [0.4, 0.5) is 0 Å². The molecule has 1 amide bonds. The summed E-state index contributed by atoms with van der Waals surface area (Å²) in [5.41, 5.74) is 3.70. The van der Waals surface area contributed by atoms with Crippen molar-refractivity contribution in [2.24, 2.45) is 0 Å². The molecule has 1 atom stereocenters. The van der Waals surface area contributed by atoms with Gasteiger partial charge in [-0.1, -0.05) is 43.3 Å². The molecule has 2 rings (SSSR count). The van der Waals surface area contributed by atoms with Gasteiger partial charge in [0.25, 0.3) is 5.91 Å². The average molecular weight is 358 g/mol. The summed E-state index contributed by atoms with van der Waals surface area (Å²) < 4.78 is 5.87. The minimum Gasteiger partial charge on any atom is -0.481 e. The lowest BCUT2D eigenvalue weighted by atomic mass is 10.1. The van der Waals surface area contributed by atoms with E-state index in [9.17, 15) is 4.79 Å². The van der Waals surface area contributed by atoms with Crippen molar-refractivity contribution in [3.05, 3.63) is 65.2 Å². The predicted octanol–water partition coefficient (Wildman–Crippen LogP) is 4.51. The van der Waals surface area contributed by atoms with Crippen LogP contribution < -0.4 is 10.1 Å². The molecule has 0 bridgehead atoms. The lowest BCUT2D eigenvalue weighted by molar-refractivity contribution is -0.127. The molecule has 0 fully saturated rings. The molecule has 2 aromatic rings. The van der Waals surface area contributed by atoms with E-state index < -0.39 is 6.10 Å². The minimum absolute atomic E-state index is 0.0407. The third-order valence-electron chi connectivity index (χ3n) is 4.08. The van der Waals surface area contributed by atoms with Crippen molar-refractivity contribution < 1.29 is 9.53 Å². The van der Waals surface area contributed by atoms with E-state index in [1.165, 1.54) is 16.7 Å². The maximum absolute atomic E-state index is 12.3. The van der Waals surface area contributed by atoms with Crippen molar-refractivity contribution in [1.29, 1.82) is 0 Å². The molecule has 0 saturated heterocycles. The predicted molar refractivity (Wildman–Crippen MR) is 106 cm³/mol. The highest BCUT2D eigenvalue weighted by atomic mass is 32.2. The van der Waals surface area contributed by atoms with Gasteiger partial charge in [-0.15, -0.1) is 0 Å².